The SMILES string of the molecule is CSCCC(NC(=O)C(NC(=O)C(Cc1ccc(O)cc1)NC(=O)C(N)Cc1ccccc1)C(C)C)C(=O)O. The van der Waals surface area contributed by atoms with Crippen molar-refractivity contribution in [2.45, 2.75) is 57.3 Å². The van der Waals surface area contributed by atoms with E-state index in [4.69, 9.17) is 5.73 Å². The Morgan fingerprint density at radius 2 is 1.41 bits per heavy atom. The standard InChI is InChI=1S/C28H38N4O6S/c1-17(2)24(27(36)30-22(28(37)38)13-14-39-3)32-26(35)23(16-19-9-11-20(33)12-10-19)31-25(34)21(29)15-18-7-5-4-6-8-18/h4-12,17,21-24,33H,13-16,29H2,1-3H3,(H,30,36)(H,31,34)(H,32,35)(H,37,38). The van der Waals surface area contributed by atoms with E-state index >= 15 is 0 Å². The van der Waals surface area contributed by atoms with Gasteiger partial charge in [0.15, 0.2) is 0 Å². The first-order valence-electron chi connectivity index (χ1n) is 12.7. The first-order valence-corrected chi connectivity index (χ1v) is 14.1. The number of phenols is 1. The lowest BCUT2D eigenvalue weighted by atomic mass is 9.99. The van der Waals surface area contributed by atoms with Gasteiger partial charge in [-0.3, -0.25) is 14.4 Å². The quantitative estimate of drug-likeness (QED) is 0.191. The molecule has 4 unspecified atom stereocenters. The number of carboxylic acids is 1. The second-order valence-electron chi connectivity index (χ2n) is 9.64. The topological polar surface area (TPSA) is 171 Å². The van der Waals surface area contributed by atoms with Gasteiger partial charge < -0.3 is 31.9 Å². The summed E-state index contributed by atoms with van der Waals surface area (Å²) in [5.74, 6) is -2.70. The molecule has 0 aliphatic rings. The molecule has 39 heavy (non-hydrogen) atoms. The van der Waals surface area contributed by atoms with E-state index in [1.165, 1.54) is 23.9 Å². The van der Waals surface area contributed by atoms with E-state index in [-0.39, 0.29) is 30.9 Å². The zero-order valence-corrected chi connectivity index (χ0v) is 23.2. The molecule has 0 aromatic heterocycles. The van der Waals surface area contributed by atoms with Crippen molar-refractivity contribution >= 4 is 35.5 Å². The molecule has 0 aliphatic carbocycles. The summed E-state index contributed by atoms with van der Waals surface area (Å²) >= 11 is 1.46. The molecule has 7 N–H and O–H groups in total. The highest BCUT2D eigenvalue weighted by atomic mass is 32.2. The average molecular weight is 559 g/mol. The highest BCUT2D eigenvalue weighted by molar-refractivity contribution is 7.98. The van der Waals surface area contributed by atoms with E-state index in [0.29, 0.717) is 11.3 Å². The monoisotopic (exact) mass is 558 g/mol. The van der Waals surface area contributed by atoms with Gasteiger partial charge >= 0.3 is 5.97 Å². The second-order valence-corrected chi connectivity index (χ2v) is 10.6. The maximum atomic E-state index is 13.4. The predicted molar refractivity (Wildman–Crippen MR) is 151 cm³/mol. The number of thioether (sulfide) groups is 1. The van der Waals surface area contributed by atoms with Crippen LogP contribution in [0.1, 0.15) is 31.4 Å². The van der Waals surface area contributed by atoms with E-state index in [2.05, 4.69) is 16.0 Å². The van der Waals surface area contributed by atoms with Crippen LogP contribution in [0.25, 0.3) is 0 Å². The molecule has 0 bridgehead atoms. The van der Waals surface area contributed by atoms with Crippen LogP contribution in [-0.2, 0) is 32.0 Å². The van der Waals surface area contributed by atoms with Crippen molar-refractivity contribution in [3.63, 3.8) is 0 Å². The lowest BCUT2D eigenvalue weighted by Crippen LogP contribution is -2.59. The summed E-state index contributed by atoms with van der Waals surface area (Å²) in [6, 6.07) is 11.3. The van der Waals surface area contributed by atoms with Crippen LogP contribution < -0.4 is 21.7 Å². The minimum absolute atomic E-state index is 0.0553. The van der Waals surface area contributed by atoms with Gasteiger partial charge in [0.2, 0.25) is 17.7 Å². The number of nitrogens with one attached hydrogen (secondary N) is 3. The number of carboxylic acid groups (broad SMARTS) is 1. The summed E-state index contributed by atoms with van der Waals surface area (Å²) < 4.78 is 0. The third-order valence-electron chi connectivity index (χ3n) is 6.12. The lowest BCUT2D eigenvalue weighted by Gasteiger charge is -2.27. The van der Waals surface area contributed by atoms with Crippen molar-refractivity contribution in [1.82, 2.24) is 16.0 Å². The zero-order chi connectivity index (χ0) is 28.9. The molecular formula is C28H38N4O6S. The number of aliphatic carboxylic acids is 1. The van der Waals surface area contributed by atoms with Crippen molar-refractivity contribution in [3.8, 4) is 5.75 Å². The van der Waals surface area contributed by atoms with E-state index in [1.807, 2.05) is 36.6 Å². The Labute approximate surface area is 233 Å². The molecule has 4 atom stereocenters. The van der Waals surface area contributed by atoms with Gasteiger partial charge in [-0.2, -0.15) is 11.8 Å². The number of benzene rings is 2. The average Bonchev–Trinajstić information content (AvgIpc) is 2.90. The fourth-order valence-corrected chi connectivity index (χ4v) is 4.33. The Kier molecular flexibility index (Phi) is 12.8. The fourth-order valence-electron chi connectivity index (χ4n) is 3.86. The van der Waals surface area contributed by atoms with Crippen molar-refractivity contribution in [2.24, 2.45) is 11.7 Å². The molecule has 0 spiro atoms. The van der Waals surface area contributed by atoms with Crippen LogP contribution >= 0.6 is 11.8 Å². The van der Waals surface area contributed by atoms with E-state index in [1.54, 1.807) is 26.0 Å². The molecule has 11 heteroatoms. The fraction of sp³-hybridized carbons (Fsp3) is 0.429. The third-order valence-corrected chi connectivity index (χ3v) is 6.76. The molecule has 0 saturated carbocycles. The highest BCUT2D eigenvalue weighted by Crippen LogP contribution is 2.13. The van der Waals surface area contributed by atoms with Gasteiger partial charge in [0, 0.05) is 6.42 Å². The summed E-state index contributed by atoms with van der Waals surface area (Å²) in [6.07, 6.45) is 2.42. The Bertz CT molecular complexity index is 1100. The molecule has 2 aromatic rings. The van der Waals surface area contributed by atoms with E-state index in [9.17, 15) is 29.4 Å². The molecule has 10 nitrogen and oxygen atoms in total. The number of carbonyl (C=O) groups excluding carboxylic acids is 3. The summed E-state index contributed by atoms with van der Waals surface area (Å²) in [7, 11) is 0. The van der Waals surface area contributed by atoms with E-state index in [0.717, 1.165) is 5.56 Å². The highest BCUT2D eigenvalue weighted by Gasteiger charge is 2.32. The molecule has 0 heterocycles. The Hall–Kier alpha value is -3.57. The number of carbonyl (C=O) groups is 4. The van der Waals surface area contributed by atoms with Crippen LogP contribution in [0, 0.1) is 5.92 Å². The number of rotatable bonds is 15. The normalized spacial score (nSPS) is 14.1. The van der Waals surface area contributed by atoms with Gasteiger partial charge in [-0.25, -0.2) is 4.79 Å². The summed E-state index contributed by atoms with van der Waals surface area (Å²) in [5.41, 5.74) is 7.67. The van der Waals surface area contributed by atoms with Gasteiger partial charge in [0.05, 0.1) is 6.04 Å². The van der Waals surface area contributed by atoms with Crippen LogP contribution in [0.15, 0.2) is 54.6 Å². The van der Waals surface area contributed by atoms with Gasteiger partial charge in [0.1, 0.15) is 23.9 Å². The number of nitrogens with two attached hydrogens (primary N) is 1. The predicted octanol–water partition coefficient (Wildman–Crippen LogP) is 1.45. The zero-order valence-electron chi connectivity index (χ0n) is 22.4. The molecule has 0 saturated heterocycles. The van der Waals surface area contributed by atoms with Gasteiger partial charge in [-0.1, -0.05) is 56.3 Å². The third kappa shape index (κ3) is 10.6. The van der Waals surface area contributed by atoms with Crippen molar-refractivity contribution in [3.05, 3.63) is 65.7 Å². The van der Waals surface area contributed by atoms with Gasteiger partial charge in [0.25, 0.3) is 0 Å². The molecule has 0 aliphatic heterocycles. The Balaban J connectivity index is 2.20. The summed E-state index contributed by atoms with van der Waals surface area (Å²) in [5, 5.41) is 27.0. The summed E-state index contributed by atoms with van der Waals surface area (Å²) in [6.45, 7) is 3.46. The first kappa shape index (κ1) is 31.6. The number of phenolic OH excluding ortho intramolecular Hbond substituents is 1. The smallest absolute Gasteiger partial charge is 0.326 e. The molecule has 3 amide bonds. The summed E-state index contributed by atoms with van der Waals surface area (Å²) in [4.78, 5) is 51.0. The van der Waals surface area contributed by atoms with Crippen LogP contribution in [0.5, 0.6) is 5.75 Å². The molecule has 0 radical (unpaired) electrons. The van der Waals surface area contributed by atoms with Crippen molar-refractivity contribution in [2.75, 3.05) is 12.0 Å². The van der Waals surface area contributed by atoms with Crippen LogP contribution in [-0.4, -0.2) is 70.1 Å². The first-order chi connectivity index (χ1) is 18.5. The molecular weight excluding hydrogens is 520 g/mol. The maximum Gasteiger partial charge on any atom is 0.326 e. The Morgan fingerprint density at radius 1 is 0.821 bits per heavy atom. The number of aromatic hydroxyl groups is 1. The number of amides is 3. The molecule has 212 valence electrons. The van der Waals surface area contributed by atoms with Gasteiger partial charge in [-0.05, 0) is 54.0 Å². The number of hydrogen-bond acceptors (Lipinski definition) is 7. The minimum Gasteiger partial charge on any atom is -0.508 e. The molecule has 0 fully saturated rings. The number of hydrogen-bond donors (Lipinski definition) is 6. The van der Waals surface area contributed by atoms with Crippen LogP contribution in [0.4, 0.5) is 0 Å². The molecule has 2 rings (SSSR count). The lowest BCUT2D eigenvalue weighted by molar-refractivity contribution is -0.142. The van der Waals surface area contributed by atoms with Crippen molar-refractivity contribution in [1.29, 1.82) is 0 Å². The largest absolute Gasteiger partial charge is 0.508 e. The van der Waals surface area contributed by atoms with E-state index < -0.39 is 47.9 Å². The minimum atomic E-state index is -1.16. The van der Waals surface area contributed by atoms with Gasteiger partial charge in [-0.15, -0.1) is 0 Å². The van der Waals surface area contributed by atoms with Crippen LogP contribution in [0.2, 0.25) is 0 Å². The Morgan fingerprint density at radius 3 is 1.97 bits per heavy atom. The molecule has 2 aromatic carbocycles. The maximum absolute atomic E-state index is 13.4. The van der Waals surface area contributed by atoms with Crippen LogP contribution in [0.3, 0.4) is 0 Å². The second kappa shape index (κ2) is 15.7. The van der Waals surface area contributed by atoms with Crippen molar-refractivity contribution < 1.29 is 29.4 Å².